The molecule has 0 radical (unpaired) electrons. The van der Waals surface area contributed by atoms with Crippen LogP contribution in [0.3, 0.4) is 0 Å². The predicted octanol–water partition coefficient (Wildman–Crippen LogP) is 2.77. The summed E-state index contributed by atoms with van der Waals surface area (Å²) in [5.41, 5.74) is 3.48. The summed E-state index contributed by atoms with van der Waals surface area (Å²) in [5.74, 6) is 0.484. The number of fused-ring (bicyclic) bond motifs is 1. The highest BCUT2D eigenvalue weighted by atomic mass is 14.9. The van der Waals surface area contributed by atoms with Gasteiger partial charge in [0.15, 0.2) is 0 Å². The van der Waals surface area contributed by atoms with Gasteiger partial charge in [-0.15, -0.1) is 0 Å². The second-order valence-corrected chi connectivity index (χ2v) is 3.72. The molecule has 2 heterocycles. The Morgan fingerprint density at radius 2 is 2.15 bits per heavy atom. The molecule has 2 nitrogen and oxygen atoms in total. The summed E-state index contributed by atoms with van der Waals surface area (Å²) < 4.78 is 2.14. The summed E-state index contributed by atoms with van der Waals surface area (Å²) >= 11 is 0. The lowest BCUT2D eigenvalue weighted by atomic mass is 10.1. The maximum Gasteiger partial charge on any atom is 0.0672 e. The quantitative estimate of drug-likeness (QED) is 0.649. The molecular weight excluding hydrogens is 160 g/mol. The first kappa shape index (κ1) is 8.30. The molecule has 0 fully saturated rings. The van der Waals surface area contributed by atoms with Crippen molar-refractivity contribution >= 4 is 5.52 Å². The van der Waals surface area contributed by atoms with Gasteiger partial charge >= 0.3 is 0 Å². The molecule has 0 aliphatic carbocycles. The Morgan fingerprint density at radius 3 is 2.85 bits per heavy atom. The second kappa shape index (κ2) is 2.87. The number of hydrogen-bond acceptors (Lipinski definition) is 1. The molecule has 0 N–H and O–H groups in total. The second-order valence-electron chi connectivity index (χ2n) is 3.72. The first-order chi connectivity index (χ1) is 6.18. The summed E-state index contributed by atoms with van der Waals surface area (Å²) in [6, 6.07) is 4.17. The van der Waals surface area contributed by atoms with Crippen molar-refractivity contribution in [3.63, 3.8) is 0 Å². The standard InChI is InChI=1S/C11H14N2/c1-8(2)11-10-5-4-6-13(10)7-9(3)12-11/h4-8H,1-3H3. The van der Waals surface area contributed by atoms with E-state index in [1.54, 1.807) is 0 Å². The van der Waals surface area contributed by atoms with Gasteiger partial charge in [0, 0.05) is 12.4 Å². The minimum Gasteiger partial charge on any atom is -0.320 e. The van der Waals surface area contributed by atoms with Crippen molar-refractivity contribution in [2.75, 3.05) is 0 Å². The van der Waals surface area contributed by atoms with Gasteiger partial charge in [-0.2, -0.15) is 0 Å². The third-order valence-electron chi connectivity index (χ3n) is 2.21. The molecule has 0 aliphatic heterocycles. The molecule has 0 aliphatic rings. The van der Waals surface area contributed by atoms with Crippen molar-refractivity contribution in [3.05, 3.63) is 35.9 Å². The highest BCUT2D eigenvalue weighted by molar-refractivity contribution is 5.53. The van der Waals surface area contributed by atoms with Crippen molar-refractivity contribution in [3.8, 4) is 0 Å². The molecule has 2 aromatic heterocycles. The van der Waals surface area contributed by atoms with Crippen LogP contribution in [0.25, 0.3) is 5.52 Å². The number of aryl methyl sites for hydroxylation is 1. The molecule has 0 saturated heterocycles. The fourth-order valence-corrected chi connectivity index (χ4v) is 1.63. The molecule has 0 atom stereocenters. The Bertz CT molecular complexity index is 427. The predicted molar refractivity (Wildman–Crippen MR) is 54.0 cm³/mol. The Labute approximate surface area is 78.2 Å². The van der Waals surface area contributed by atoms with E-state index in [0.717, 1.165) is 5.69 Å². The molecular formula is C11H14N2. The number of nitrogens with zero attached hydrogens (tertiary/aromatic N) is 2. The van der Waals surface area contributed by atoms with Crippen LogP contribution in [0.4, 0.5) is 0 Å². The van der Waals surface area contributed by atoms with Crippen molar-refractivity contribution in [2.45, 2.75) is 26.7 Å². The Balaban J connectivity index is 2.77. The van der Waals surface area contributed by atoms with Gasteiger partial charge in [-0.3, -0.25) is 4.98 Å². The van der Waals surface area contributed by atoms with Crippen LogP contribution in [0, 0.1) is 6.92 Å². The largest absolute Gasteiger partial charge is 0.320 e. The molecule has 2 aromatic rings. The van der Waals surface area contributed by atoms with Crippen LogP contribution in [0.15, 0.2) is 24.5 Å². The normalized spacial score (nSPS) is 11.4. The maximum atomic E-state index is 4.55. The first-order valence-electron chi connectivity index (χ1n) is 4.62. The molecule has 13 heavy (non-hydrogen) atoms. The SMILES string of the molecule is Cc1cn2cccc2c(C(C)C)n1. The van der Waals surface area contributed by atoms with E-state index in [1.807, 2.05) is 6.92 Å². The van der Waals surface area contributed by atoms with Crippen LogP contribution >= 0.6 is 0 Å². The summed E-state index contributed by atoms with van der Waals surface area (Å²) in [6.07, 6.45) is 4.12. The zero-order valence-corrected chi connectivity index (χ0v) is 8.28. The summed E-state index contributed by atoms with van der Waals surface area (Å²) in [4.78, 5) is 4.55. The van der Waals surface area contributed by atoms with Crippen LogP contribution < -0.4 is 0 Å². The Kier molecular flexibility index (Phi) is 1.83. The highest BCUT2D eigenvalue weighted by Gasteiger charge is 2.07. The van der Waals surface area contributed by atoms with E-state index >= 15 is 0 Å². The zero-order valence-electron chi connectivity index (χ0n) is 8.28. The lowest BCUT2D eigenvalue weighted by molar-refractivity contribution is 0.812. The molecule has 0 saturated carbocycles. The zero-order chi connectivity index (χ0) is 9.42. The van der Waals surface area contributed by atoms with Gasteiger partial charge in [0.1, 0.15) is 0 Å². The third-order valence-corrected chi connectivity index (χ3v) is 2.21. The minimum atomic E-state index is 0.484. The molecule has 0 spiro atoms. The molecule has 0 bridgehead atoms. The van der Waals surface area contributed by atoms with Gasteiger partial charge < -0.3 is 4.40 Å². The number of hydrogen-bond donors (Lipinski definition) is 0. The van der Waals surface area contributed by atoms with Crippen LogP contribution in [0.2, 0.25) is 0 Å². The number of aromatic nitrogens is 2. The van der Waals surface area contributed by atoms with Gasteiger partial charge in [-0.25, -0.2) is 0 Å². The van der Waals surface area contributed by atoms with Crippen molar-refractivity contribution < 1.29 is 0 Å². The smallest absolute Gasteiger partial charge is 0.0672 e. The van der Waals surface area contributed by atoms with E-state index in [9.17, 15) is 0 Å². The van der Waals surface area contributed by atoms with E-state index < -0.39 is 0 Å². The Hall–Kier alpha value is -1.31. The highest BCUT2D eigenvalue weighted by Crippen LogP contribution is 2.18. The molecule has 0 amide bonds. The molecule has 2 rings (SSSR count). The van der Waals surface area contributed by atoms with Gasteiger partial charge in [-0.05, 0) is 25.0 Å². The summed E-state index contributed by atoms with van der Waals surface area (Å²) in [5, 5.41) is 0. The van der Waals surface area contributed by atoms with Gasteiger partial charge in [-0.1, -0.05) is 13.8 Å². The average Bonchev–Trinajstić information content (AvgIpc) is 2.49. The van der Waals surface area contributed by atoms with Crippen molar-refractivity contribution in [1.29, 1.82) is 0 Å². The molecule has 68 valence electrons. The lowest BCUT2D eigenvalue weighted by Crippen LogP contribution is -1.99. The van der Waals surface area contributed by atoms with Crippen LogP contribution in [-0.2, 0) is 0 Å². The van der Waals surface area contributed by atoms with E-state index in [2.05, 4.69) is 47.8 Å². The molecule has 0 unspecified atom stereocenters. The molecule has 2 heteroatoms. The van der Waals surface area contributed by atoms with Crippen molar-refractivity contribution in [2.24, 2.45) is 0 Å². The van der Waals surface area contributed by atoms with E-state index in [0.29, 0.717) is 5.92 Å². The van der Waals surface area contributed by atoms with Crippen LogP contribution in [0.1, 0.15) is 31.2 Å². The average molecular weight is 174 g/mol. The summed E-state index contributed by atoms with van der Waals surface area (Å²) in [7, 11) is 0. The van der Waals surface area contributed by atoms with E-state index in [-0.39, 0.29) is 0 Å². The van der Waals surface area contributed by atoms with Crippen molar-refractivity contribution in [1.82, 2.24) is 9.38 Å². The Morgan fingerprint density at radius 1 is 1.38 bits per heavy atom. The lowest BCUT2D eigenvalue weighted by Gasteiger charge is -2.08. The van der Waals surface area contributed by atoms with E-state index in [1.165, 1.54) is 11.2 Å². The summed E-state index contributed by atoms with van der Waals surface area (Å²) in [6.45, 7) is 6.38. The van der Waals surface area contributed by atoms with Gasteiger partial charge in [0.05, 0.1) is 16.9 Å². The fourth-order valence-electron chi connectivity index (χ4n) is 1.63. The first-order valence-corrected chi connectivity index (χ1v) is 4.62. The number of rotatable bonds is 1. The minimum absolute atomic E-state index is 0.484. The monoisotopic (exact) mass is 174 g/mol. The molecule has 0 aromatic carbocycles. The van der Waals surface area contributed by atoms with Crippen LogP contribution in [-0.4, -0.2) is 9.38 Å². The van der Waals surface area contributed by atoms with Gasteiger partial charge in [0.25, 0.3) is 0 Å². The van der Waals surface area contributed by atoms with Crippen LogP contribution in [0.5, 0.6) is 0 Å². The van der Waals surface area contributed by atoms with Gasteiger partial charge in [0.2, 0.25) is 0 Å². The third kappa shape index (κ3) is 1.32. The maximum absolute atomic E-state index is 4.55. The van der Waals surface area contributed by atoms with E-state index in [4.69, 9.17) is 0 Å². The topological polar surface area (TPSA) is 17.3 Å². The fraction of sp³-hybridized carbons (Fsp3) is 0.364.